The number of fused-ring (bicyclic) bond motifs is 12. The van der Waals surface area contributed by atoms with Crippen LogP contribution in [0.2, 0.25) is 0 Å². The van der Waals surface area contributed by atoms with E-state index in [1.54, 1.807) is 0 Å². The number of nitrogens with zero attached hydrogens (tertiary/aromatic N) is 1. The van der Waals surface area contributed by atoms with Gasteiger partial charge >= 0.3 is 0 Å². The predicted octanol–water partition coefficient (Wildman–Crippen LogP) is 14.6. The molecule has 0 atom stereocenters. The molecule has 2 nitrogen and oxygen atoms in total. The van der Waals surface area contributed by atoms with Crippen LogP contribution in [0.5, 0.6) is 0 Å². The summed E-state index contributed by atoms with van der Waals surface area (Å²) in [5.41, 5.74) is 13.2. The van der Waals surface area contributed by atoms with Crippen LogP contribution < -0.4 is 4.90 Å². The maximum atomic E-state index is 6.82. The number of hydrogen-bond donors (Lipinski definition) is 0. The molecule has 246 valence electrons. The lowest BCUT2D eigenvalue weighted by Gasteiger charge is -2.26. The Hall–Kier alpha value is -6.16. The van der Waals surface area contributed by atoms with Gasteiger partial charge in [0.15, 0.2) is 0 Å². The van der Waals surface area contributed by atoms with Crippen LogP contribution in [0.25, 0.3) is 75.1 Å². The van der Waals surface area contributed by atoms with Crippen LogP contribution in [0.4, 0.5) is 17.1 Å². The van der Waals surface area contributed by atoms with E-state index in [1.807, 2.05) is 11.3 Å². The number of anilines is 3. The quantitative estimate of drug-likeness (QED) is 0.184. The molecular weight excluding hydrogens is 651 g/mol. The van der Waals surface area contributed by atoms with Crippen molar-refractivity contribution in [3.8, 4) is 22.3 Å². The standard InChI is InChI=1S/C49H33NOS/c1-49(2)42-15-9-8-14-37(42)38-23-19-32(28-43(38)49)30-16-20-34(21-17-30)50(33-11-4-3-5-12-33)35-22-26-44-41(29-35)46-45(52-44)27-25-40-39-24-18-31-10-6-7-13-36(31)47(39)51-48(40)46/h3-29H,1-2H3. The molecule has 52 heavy (non-hydrogen) atoms. The van der Waals surface area contributed by atoms with Crippen LogP contribution in [0.15, 0.2) is 168 Å². The second-order valence-corrected chi connectivity index (χ2v) is 15.6. The van der Waals surface area contributed by atoms with Crippen molar-refractivity contribution >= 4 is 81.3 Å². The highest BCUT2D eigenvalue weighted by Gasteiger charge is 2.35. The summed E-state index contributed by atoms with van der Waals surface area (Å²) >= 11 is 1.83. The summed E-state index contributed by atoms with van der Waals surface area (Å²) < 4.78 is 9.31. The summed E-state index contributed by atoms with van der Waals surface area (Å²) in [6.07, 6.45) is 0. The van der Waals surface area contributed by atoms with Crippen LogP contribution in [0, 0.1) is 0 Å². The molecule has 0 unspecified atom stereocenters. The highest BCUT2D eigenvalue weighted by Crippen LogP contribution is 2.50. The summed E-state index contributed by atoms with van der Waals surface area (Å²) in [5.74, 6) is 0. The minimum atomic E-state index is -0.0296. The number of hydrogen-bond acceptors (Lipinski definition) is 3. The first-order chi connectivity index (χ1) is 25.5. The lowest BCUT2D eigenvalue weighted by Crippen LogP contribution is -2.14. The van der Waals surface area contributed by atoms with Crippen molar-refractivity contribution in [3.63, 3.8) is 0 Å². The minimum absolute atomic E-state index is 0.0296. The zero-order chi connectivity index (χ0) is 34.6. The summed E-state index contributed by atoms with van der Waals surface area (Å²) in [6, 6.07) is 59.8. The van der Waals surface area contributed by atoms with E-state index in [0.29, 0.717) is 0 Å². The first kappa shape index (κ1) is 29.6. The van der Waals surface area contributed by atoms with Gasteiger partial charge in [-0.2, -0.15) is 0 Å². The fraction of sp³-hybridized carbons (Fsp3) is 0.0612. The number of para-hydroxylation sites is 1. The lowest BCUT2D eigenvalue weighted by molar-refractivity contribution is 0.660. The van der Waals surface area contributed by atoms with Gasteiger partial charge in [0.1, 0.15) is 11.2 Å². The van der Waals surface area contributed by atoms with Gasteiger partial charge in [-0.1, -0.05) is 111 Å². The fourth-order valence-corrected chi connectivity index (χ4v) is 9.75. The highest BCUT2D eigenvalue weighted by molar-refractivity contribution is 7.26. The smallest absolute Gasteiger partial charge is 0.144 e. The van der Waals surface area contributed by atoms with E-state index in [1.165, 1.54) is 58.9 Å². The minimum Gasteiger partial charge on any atom is -0.455 e. The molecule has 0 radical (unpaired) electrons. The van der Waals surface area contributed by atoms with Crippen molar-refractivity contribution in [1.29, 1.82) is 0 Å². The van der Waals surface area contributed by atoms with E-state index in [4.69, 9.17) is 4.42 Å². The molecule has 2 heterocycles. The van der Waals surface area contributed by atoms with Gasteiger partial charge in [0.2, 0.25) is 0 Å². The molecule has 0 aliphatic heterocycles. The molecule has 0 N–H and O–H groups in total. The molecule has 8 aromatic carbocycles. The molecule has 2 aromatic heterocycles. The topological polar surface area (TPSA) is 16.4 Å². The van der Waals surface area contributed by atoms with E-state index in [9.17, 15) is 0 Å². The number of rotatable bonds is 4. The van der Waals surface area contributed by atoms with Crippen molar-refractivity contribution in [2.75, 3.05) is 4.90 Å². The Labute approximate surface area is 305 Å². The summed E-state index contributed by atoms with van der Waals surface area (Å²) in [5, 5.41) is 7.06. The first-order valence-electron chi connectivity index (χ1n) is 17.9. The largest absolute Gasteiger partial charge is 0.455 e. The predicted molar refractivity (Wildman–Crippen MR) is 222 cm³/mol. The average molecular weight is 684 g/mol. The molecule has 10 aromatic rings. The van der Waals surface area contributed by atoms with Crippen molar-refractivity contribution in [2.24, 2.45) is 0 Å². The zero-order valence-corrected chi connectivity index (χ0v) is 29.7. The number of benzene rings is 8. The van der Waals surface area contributed by atoms with Crippen molar-refractivity contribution < 1.29 is 4.42 Å². The average Bonchev–Trinajstić information content (AvgIpc) is 3.83. The highest BCUT2D eigenvalue weighted by atomic mass is 32.1. The van der Waals surface area contributed by atoms with Crippen molar-refractivity contribution in [3.05, 3.63) is 175 Å². The van der Waals surface area contributed by atoms with Gasteiger partial charge < -0.3 is 9.32 Å². The van der Waals surface area contributed by atoms with Gasteiger partial charge in [0.05, 0.1) is 0 Å². The van der Waals surface area contributed by atoms with Gasteiger partial charge in [-0.15, -0.1) is 11.3 Å². The van der Waals surface area contributed by atoms with Gasteiger partial charge in [-0.05, 0) is 105 Å². The molecule has 1 aliphatic rings. The van der Waals surface area contributed by atoms with E-state index >= 15 is 0 Å². The molecule has 0 saturated heterocycles. The van der Waals surface area contributed by atoms with Crippen molar-refractivity contribution in [1.82, 2.24) is 0 Å². The molecule has 0 spiro atoms. The second-order valence-electron chi connectivity index (χ2n) is 14.5. The summed E-state index contributed by atoms with van der Waals surface area (Å²) in [4.78, 5) is 2.36. The van der Waals surface area contributed by atoms with E-state index in [2.05, 4.69) is 183 Å². The molecule has 3 heteroatoms. The van der Waals surface area contributed by atoms with Gasteiger partial charge in [-0.3, -0.25) is 0 Å². The van der Waals surface area contributed by atoms with Crippen LogP contribution in [0.1, 0.15) is 25.0 Å². The molecule has 0 fully saturated rings. The lowest BCUT2D eigenvalue weighted by atomic mass is 9.81. The molecule has 0 bridgehead atoms. The van der Waals surface area contributed by atoms with E-state index < -0.39 is 0 Å². The third-order valence-corrected chi connectivity index (χ3v) is 12.4. The summed E-state index contributed by atoms with van der Waals surface area (Å²) in [6.45, 7) is 4.69. The number of furan rings is 1. The number of thiophene rings is 1. The maximum Gasteiger partial charge on any atom is 0.144 e. The molecular formula is C49H33NOS. The van der Waals surface area contributed by atoms with Gasteiger partial charge in [0.25, 0.3) is 0 Å². The Balaban J connectivity index is 1.04. The molecule has 0 amide bonds. The Morgan fingerprint density at radius 2 is 1.13 bits per heavy atom. The Bertz CT molecular complexity index is 3040. The van der Waals surface area contributed by atoms with Gasteiger partial charge in [0, 0.05) is 58.8 Å². The Kier molecular flexibility index (Phi) is 6.21. The fourth-order valence-electron chi connectivity index (χ4n) is 8.66. The monoisotopic (exact) mass is 683 g/mol. The SMILES string of the molecule is CC1(C)c2ccccc2-c2ccc(-c3ccc(N(c4ccccc4)c4ccc5sc6ccc7c8ccc9ccccc9c8oc7c6c5c4)cc3)cc21. The Morgan fingerprint density at radius 3 is 2.02 bits per heavy atom. The van der Waals surface area contributed by atoms with E-state index in [-0.39, 0.29) is 5.41 Å². The van der Waals surface area contributed by atoms with Crippen LogP contribution in [0.3, 0.4) is 0 Å². The molecule has 0 saturated carbocycles. The van der Waals surface area contributed by atoms with Crippen LogP contribution >= 0.6 is 11.3 Å². The van der Waals surface area contributed by atoms with Gasteiger partial charge in [-0.25, -0.2) is 0 Å². The zero-order valence-electron chi connectivity index (χ0n) is 28.9. The van der Waals surface area contributed by atoms with E-state index in [0.717, 1.165) is 44.4 Å². The molecule has 11 rings (SSSR count). The summed E-state index contributed by atoms with van der Waals surface area (Å²) in [7, 11) is 0. The van der Waals surface area contributed by atoms with Crippen LogP contribution in [-0.2, 0) is 5.41 Å². The molecule has 1 aliphatic carbocycles. The third-order valence-electron chi connectivity index (χ3n) is 11.3. The third kappa shape index (κ3) is 4.23. The first-order valence-corrected chi connectivity index (χ1v) is 18.7. The Morgan fingerprint density at radius 1 is 0.462 bits per heavy atom. The normalized spacial score (nSPS) is 13.3. The van der Waals surface area contributed by atoms with Crippen LogP contribution in [-0.4, -0.2) is 0 Å². The maximum absolute atomic E-state index is 6.82. The van der Waals surface area contributed by atoms with Crippen molar-refractivity contribution in [2.45, 2.75) is 19.3 Å². The second kappa shape index (κ2) is 10.9.